The number of allylic oxidation sites excluding steroid dienone is 6. The Morgan fingerprint density at radius 3 is 0.953 bits per heavy atom. The van der Waals surface area contributed by atoms with Crippen molar-refractivity contribution in [1.82, 2.24) is 0 Å². The summed E-state index contributed by atoms with van der Waals surface area (Å²) in [5.74, 6) is -0.877. The summed E-state index contributed by atoms with van der Waals surface area (Å²) in [5, 5.41) is 0. The van der Waals surface area contributed by atoms with Gasteiger partial charge in [0, 0.05) is 19.3 Å². The number of unbranched alkanes of at least 4 members (excludes halogenated alkanes) is 34. The van der Waals surface area contributed by atoms with Crippen molar-refractivity contribution in [3.63, 3.8) is 0 Å². The smallest absolute Gasteiger partial charge is 0.306 e. The van der Waals surface area contributed by atoms with Gasteiger partial charge in [-0.3, -0.25) is 14.4 Å². The van der Waals surface area contributed by atoms with Crippen LogP contribution in [0.2, 0.25) is 0 Å². The average Bonchev–Trinajstić information content (AvgIpc) is 3.29. The van der Waals surface area contributed by atoms with Crippen LogP contribution in [0, 0.1) is 0 Å². The predicted octanol–water partition coefficient (Wildman–Crippen LogP) is 18.5. The maximum Gasteiger partial charge on any atom is 0.306 e. The lowest BCUT2D eigenvalue weighted by Gasteiger charge is -2.18. The van der Waals surface area contributed by atoms with Crippen LogP contribution in [0.5, 0.6) is 0 Å². The number of carbonyl (C=O) groups is 3. The zero-order valence-electron chi connectivity index (χ0n) is 42.8. The molecule has 0 aliphatic heterocycles. The highest BCUT2D eigenvalue weighted by molar-refractivity contribution is 5.71. The molecule has 1 atom stereocenters. The molecule has 0 N–H and O–H groups in total. The first-order valence-electron chi connectivity index (χ1n) is 28.0. The molecule has 0 aromatic heterocycles. The zero-order chi connectivity index (χ0) is 46.5. The number of esters is 3. The topological polar surface area (TPSA) is 78.9 Å². The molecule has 0 saturated heterocycles. The van der Waals surface area contributed by atoms with E-state index in [9.17, 15) is 14.4 Å². The number of hydrogen-bond acceptors (Lipinski definition) is 6. The first-order valence-corrected chi connectivity index (χ1v) is 28.0. The third-order valence-corrected chi connectivity index (χ3v) is 12.4. The van der Waals surface area contributed by atoms with Crippen molar-refractivity contribution in [2.75, 3.05) is 13.2 Å². The van der Waals surface area contributed by atoms with E-state index in [2.05, 4.69) is 57.2 Å². The Balaban J connectivity index is 4.34. The van der Waals surface area contributed by atoms with E-state index >= 15 is 0 Å². The molecule has 0 amide bonds. The summed E-state index contributed by atoms with van der Waals surface area (Å²) in [7, 11) is 0. The Bertz CT molecular complexity index is 1080. The number of ether oxygens (including phenoxy) is 3. The minimum Gasteiger partial charge on any atom is -0.462 e. The van der Waals surface area contributed by atoms with Crippen molar-refractivity contribution in [1.29, 1.82) is 0 Å². The van der Waals surface area contributed by atoms with Crippen LogP contribution in [0.3, 0.4) is 0 Å². The van der Waals surface area contributed by atoms with Gasteiger partial charge in [-0.1, -0.05) is 243 Å². The Hall–Kier alpha value is -2.37. The molecule has 0 radical (unpaired) electrons. The van der Waals surface area contributed by atoms with Gasteiger partial charge in [-0.15, -0.1) is 0 Å². The normalized spacial score (nSPS) is 12.2. The molecule has 0 spiro atoms. The lowest BCUT2D eigenvalue weighted by Crippen LogP contribution is -2.30. The molecule has 0 aliphatic carbocycles. The van der Waals surface area contributed by atoms with Crippen molar-refractivity contribution >= 4 is 17.9 Å². The first kappa shape index (κ1) is 61.6. The molecule has 6 nitrogen and oxygen atoms in total. The van der Waals surface area contributed by atoms with E-state index in [1.165, 1.54) is 173 Å². The summed E-state index contributed by atoms with van der Waals surface area (Å²) in [6.07, 6.45) is 62.7. The second-order valence-electron chi connectivity index (χ2n) is 18.8. The summed E-state index contributed by atoms with van der Waals surface area (Å²) in [5.41, 5.74) is 0. The van der Waals surface area contributed by atoms with E-state index in [4.69, 9.17) is 14.2 Å². The summed E-state index contributed by atoms with van der Waals surface area (Å²) < 4.78 is 16.8. The van der Waals surface area contributed by atoms with Crippen molar-refractivity contribution in [2.45, 2.75) is 303 Å². The standard InChI is InChI=1S/C58H106O6/c1-4-7-10-13-16-19-22-25-28-29-30-31-34-36-39-42-45-48-51-57(60)63-54-55(64-58(61)52-49-46-43-40-37-33-27-24-21-18-15-12-9-6-3)53-62-56(59)50-47-44-41-38-35-32-26-23-20-17-14-11-8-5-2/h9,12,18,21,30-31,55H,4-8,10-11,13-17,19-20,22-29,32-54H2,1-3H3/b12-9-,21-18-,31-30-. The fourth-order valence-corrected chi connectivity index (χ4v) is 8.18. The molecular weight excluding hydrogens is 793 g/mol. The van der Waals surface area contributed by atoms with Crippen molar-refractivity contribution in [3.8, 4) is 0 Å². The van der Waals surface area contributed by atoms with Gasteiger partial charge in [0.2, 0.25) is 0 Å². The highest BCUT2D eigenvalue weighted by Gasteiger charge is 2.19. The molecule has 0 fully saturated rings. The maximum atomic E-state index is 12.8. The van der Waals surface area contributed by atoms with E-state index in [0.717, 1.165) is 83.5 Å². The van der Waals surface area contributed by atoms with Gasteiger partial charge < -0.3 is 14.2 Å². The monoisotopic (exact) mass is 899 g/mol. The minimum absolute atomic E-state index is 0.0747. The van der Waals surface area contributed by atoms with Crippen LogP contribution in [0.25, 0.3) is 0 Å². The average molecular weight is 899 g/mol. The Kier molecular flexibility index (Phi) is 51.3. The van der Waals surface area contributed by atoms with E-state index in [-0.39, 0.29) is 31.1 Å². The molecule has 1 unspecified atom stereocenters. The highest BCUT2D eigenvalue weighted by Crippen LogP contribution is 2.16. The maximum absolute atomic E-state index is 12.8. The van der Waals surface area contributed by atoms with Crippen LogP contribution >= 0.6 is 0 Å². The van der Waals surface area contributed by atoms with Crippen LogP contribution in [0.4, 0.5) is 0 Å². The van der Waals surface area contributed by atoms with Gasteiger partial charge in [0.05, 0.1) is 0 Å². The summed E-state index contributed by atoms with van der Waals surface area (Å²) in [6.45, 7) is 6.56. The molecule has 0 rings (SSSR count). The molecule has 0 saturated carbocycles. The minimum atomic E-state index is -0.776. The van der Waals surface area contributed by atoms with Crippen molar-refractivity contribution in [2.24, 2.45) is 0 Å². The van der Waals surface area contributed by atoms with Gasteiger partial charge in [-0.05, 0) is 70.6 Å². The number of hydrogen-bond donors (Lipinski definition) is 0. The second kappa shape index (κ2) is 53.2. The number of rotatable bonds is 51. The third-order valence-electron chi connectivity index (χ3n) is 12.4. The van der Waals surface area contributed by atoms with Crippen molar-refractivity contribution in [3.05, 3.63) is 36.5 Å². The Morgan fingerprint density at radius 2 is 0.609 bits per heavy atom. The molecule has 6 heteroatoms. The van der Waals surface area contributed by atoms with Crippen molar-refractivity contribution < 1.29 is 28.6 Å². The van der Waals surface area contributed by atoms with Gasteiger partial charge in [0.15, 0.2) is 6.10 Å². The SMILES string of the molecule is CC/C=C\C/C=C\CCCCCCCCCC(=O)OC(COC(=O)CCCCCCC/C=C\CCCCCCCCCCC)COC(=O)CCCCCCCCCCCCCCCC. The summed E-state index contributed by atoms with van der Waals surface area (Å²) in [6, 6.07) is 0. The molecule has 0 heterocycles. The Morgan fingerprint density at radius 1 is 0.328 bits per heavy atom. The summed E-state index contributed by atoms with van der Waals surface area (Å²) >= 11 is 0. The molecule has 0 bridgehead atoms. The van der Waals surface area contributed by atoms with E-state index in [0.29, 0.717) is 19.3 Å². The molecule has 0 aliphatic rings. The zero-order valence-corrected chi connectivity index (χ0v) is 42.8. The fourth-order valence-electron chi connectivity index (χ4n) is 8.18. The van der Waals surface area contributed by atoms with Gasteiger partial charge in [-0.2, -0.15) is 0 Å². The molecule has 0 aromatic rings. The Labute approximate surface area is 397 Å². The van der Waals surface area contributed by atoms with Gasteiger partial charge >= 0.3 is 17.9 Å². The quantitative estimate of drug-likeness (QED) is 0.0262. The molecule has 0 aromatic carbocycles. The van der Waals surface area contributed by atoms with Crippen LogP contribution in [0.15, 0.2) is 36.5 Å². The summed E-state index contributed by atoms with van der Waals surface area (Å²) in [4.78, 5) is 38.1. The van der Waals surface area contributed by atoms with E-state index < -0.39 is 6.10 Å². The van der Waals surface area contributed by atoms with Crippen LogP contribution < -0.4 is 0 Å². The van der Waals surface area contributed by atoms with Gasteiger partial charge in [0.1, 0.15) is 13.2 Å². The lowest BCUT2D eigenvalue weighted by molar-refractivity contribution is -0.167. The molecule has 374 valence electrons. The number of carbonyl (C=O) groups excluding carboxylic acids is 3. The third kappa shape index (κ3) is 50.6. The van der Waals surface area contributed by atoms with E-state index in [1.54, 1.807) is 0 Å². The van der Waals surface area contributed by atoms with Crippen LogP contribution in [0.1, 0.15) is 297 Å². The second-order valence-corrected chi connectivity index (χ2v) is 18.8. The van der Waals surface area contributed by atoms with Gasteiger partial charge in [-0.25, -0.2) is 0 Å². The highest BCUT2D eigenvalue weighted by atomic mass is 16.6. The van der Waals surface area contributed by atoms with Crippen LogP contribution in [-0.2, 0) is 28.6 Å². The largest absolute Gasteiger partial charge is 0.462 e. The first-order chi connectivity index (χ1) is 31.5. The lowest BCUT2D eigenvalue weighted by atomic mass is 10.0. The molecular formula is C58H106O6. The van der Waals surface area contributed by atoms with E-state index in [1.807, 2.05) is 0 Å². The molecule has 64 heavy (non-hydrogen) atoms. The fraction of sp³-hybridized carbons (Fsp3) is 0.845. The van der Waals surface area contributed by atoms with Crippen LogP contribution in [-0.4, -0.2) is 37.2 Å². The van der Waals surface area contributed by atoms with Gasteiger partial charge in [0.25, 0.3) is 0 Å². The predicted molar refractivity (Wildman–Crippen MR) is 275 cm³/mol.